The lowest BCUT2D eigenvalue weighted by Gasteiger charge is -2.31. The summed E-state index contributed by atoms with van der Waals surface area (Å²) in [5.41, 5.74) is 2.65. The largest absolute Gasteiger partial charge is 0.324 e. The normalized spacial score (nSPS) is 16.0. The molecule has 2 N–H and O–H groups in total. The van der Waals surface area contributed by atoms with Crippen molar-refractivity contribution in [3.8, 4) is 0 Å². The van der Waals surface area contributed by atoms with Crippen molar-refractivity contribution in [1.29, 1.82) is 0 Å². The molecule has 0 spiro atoms. The molecule has 1 saturated heterocycles. The lowest BCUT2D eigenvalue weighted by atomic mass is 9.99. The van der Waals surface area contributed by atoms with Crippen molar-refractivity contribution < 1.29 is 14.0 Å². The van der Waals surface area contributed by atoms with E-state index in [1.165, 1.54) is 17.4 Å². The Morgan fingerprint density at radius 3 is 2.69 bits per heavy atom. The highest BCUT2D eigenvalue weighted by Crippen LogP contribution is 2.30. The number of nitrogens with one attached hydrogen (secondary N) is 2. The molecule has 9 heteroatoms. The van der Waals surface area contributed by atoms with Crippen LogP contribution in [-0.2, 0) is 0 Å². The first-order chi connectivity index (χ1) is 15.4. The van der Waals surface area contributed by atoms with Crippen LogP contribution in [0.2, 0.25) is 0 Å². The molecule has 1 aliphatic heterocycles. The van der Waals surface area contributed by atoms with Gasteiger partial charge in [0.15, 0.2) is 0 Å². The molecule has 3 aromatic rings. The topological polar surface area (TPSA) is 87.2 Å². The summed E-state index contributed by atoms with van der Waals surface area (Å²) in [6.07, 6.45) is 1.67. The maximum atomic E-state index is 13.8. The first kappa shape index (κ1) is 21.9. The molecule has 1 fully saturated rings. The van der Waals surface area contributed by atoms with Gasteiger partial charge in [-0.25, -0.2) is 9.18 Å². The van der Waals surface area contributed by atoms with Crippen molar-refractivity contribution in [3.05, 3.63) is 69.4 Å². The minimum absolute atomic E-state index is 0.00163. The van der Waals surface area contributed by atoms with E-state index >= 15 is 0 Å². The van der Waals surface area contributed by atoms with Crippen LogP contribution in [0.1, 0.15) is 44.7 Å². The number of urea groups is 1. The number of aromatic nitrogens is 2. The van der Waals surface area contributed by atoms with Crippen LogP contribution in [0, 0.1) is 19.7 Å². The maximum absolute atomic E-state index is 13.8. The van der Waals surface area contributed by atoms with E-state index in [4.69, 9.17) is 0 Å². The second kappa shape index (κ2) is 9.44. The summed E-state index contributed by atoms with van der Waals surface area (Å²) in [6.45, 7) is 4.67. The molecule has 32 heavy (non-hydrogen) atoms. The zero-order valence-electron chi connectivity index (χ0n) is 17.9. The highest BCUT2D eigenvalue weighted by molar-refractivity contribution is 7.13. The Labute approximate surface area is 189 Å². The Bertz CT molecular complexity index is 1150. The summed E-state index contributed by atoms with van der Waals surface area (Å²) < 4.78 is 13.8. The second-order valence-electron chi connectivity index (χ2n) is 7.89. The number of likely N-dealkylation sites (tertiary alicyclic amines) is 1. The summed E-state index contributed by atoms with van der Waals surface area (Å²) in [4.78, 5) is 27.0. The van der Waals surface area contributed by atoms with Gasteiger partial charge in [0.05, 0.1) is 0 Å². The first-order valence-electron chi connectivity index (χ1n) is 10.4. The number of carbonyl (C=O) groups excluding carboxylic acids is 2. The second-order valence-corrected chi connectivity index (χ2v) is 8.90. The van der Waals surface area contributed by atoms with Gasteiger partial charge < -0.3 is 15.5 Å². The number of amides is 3. The van der Waals surface area contributed by atoms with Crippen LogP contribution in [0.25, 0.3) is 0 Å². The number of aryl methyl sites for hydroxylation is 2. The van der Waals surface area contributed by atoms with Crippen LogP contribution in [0.4, 0.5) is 20.6 Å². The van der Waals surface area contributed by atoms with Gasteiger partial charge in [-0.15, -0.1) is 10.2 Å². The highest BCUT2D eigenvalue weighted by Gasteiger charge is 2.28. The van der Waals surface area contributed by atoms with Gasteiger partial charge in [-0.1, -0.05) is 35.6 Å². The Morgan fingerprint density at radius 1 is 1.09 bits per heavy atom. The molecule has 2 aromatic carbocycles. The molecule has 7 nitrogen and oxygen atoms in total. The molecule has 3 amide bonds. The fourth-order valence-electron chi connectivity index (χ4n) is 3.62. The van der Waals surface area contributed by atoms with E-state index < -0.39 is 0 Å². The number of benzene rings is 2. The summed E-state index contributed by atoms with van der Waals surface area (Å²) in [5, 5.41) is 14.9. The van der Waals surface area contributed by atoms with Crippen LogP contribution in [-0.4, -0.2) is 40.1 Å². The number of rotatable bonds is 4. The van der Waals surface area contributed by atoms with Crippen molar-refractivity contribution in [2.24, 2.45) is 0 Å². The third kappa shape index (κ3) is 4.94. The van der Waals surface area contributed by atoms with Gasteiger partial charge >= 0.3 is 6.03 Å². The van der Waals surface area contributed by atoms with Crippen LogP contribution in [0.15, 0.2) is 42.5 Å². The number of carbonyl (C=O) groups is 2. The van der Waals surface area contributed by atoms with E-state index in [1.807, 2.05) is 31.2 Å². The average molecular weight is 454 g/mol. The zero-order valence-corrected chi connectivity index (χ0v) is 18.7. The van der Waals surface area contributed by atoms with Crippen LogP contribution >= 0.6 is 11.3 Å². The lowest BCUT2D eigenvalue weighted by Crippen LogP contribution is -2.41. The number of hydrogen-bond acceptors (Lipinski definition) is 5. The van der Waals surface area contributed by atoms with E-state index in [1.54, 1.807) is 24.0 Å². The Morgan fingerprint density at radius 2 is 1.91 bits per heavy atom. The highest BCUT2D eigenvalue weighted by atomic mass is 32.1. The van der Waals surface area contributed by atoms with Crippen molar-refractivity contribution in [2.75, 3.05) is 23.7 Å². The van der Waals surface area contributed by atoms with Crippen molar-refractivity contribution in [1.82, 2.24) is 15.1 Å². The van der Waals surface area contributed by atoms with E-state index in [0.29, 0.717) is 29.3 Å². The summed E-state index contributed by atoms with van der Waals surface area (Å²) in [7, 11) is 0. The van der Waals surface area contributed by atoms with Crippen molar-refractivity contribution in [3.63, 3.8) is 0 Å². The third-order valence-electron chi connectivity index (χ3n) is 5.51. The van der Waals surface area contributed by atoms with Gasteiger partial charge in [-0.2, -0.15) is 0 Å². The zero-order chi connectivity index (χ0) is 22.7. The van der Waals surface area contributed by atoms with Crippen LogP contribution in [0.5, 0.6) is 0 Å². The summed E-state index contributed by atoms with van der Waals surface area (Å²) >= 11 is 1.25. The van der Waals surface area contributed by atoms with E-state index in [9.17, 15) is 14.0 Å². The predicted octanol–water partition coefficient (Wildman–Crippen LogP) is 4.96. The molecule has 0 bridgehead atoms. The molecule has 0 saturated carbocycles. The Kier molecular flexibility index (Phi) is 6.45. The van der Waals surface area contributed by atoms with Crippen molar-refractivity contribution in [2.45, 2.75) is 32.6 Å². The number of anilines is 2. The number of halogens is 1. The van der Waals surface area contributed by atoms with Gasteiger partial charge in [-0.3, -0.25) is 4.79 Å². The molecular weight excluding hydrogens is 429 g/mol. The fourth-order valence-corrected chi connectivity index (χ4v) is 4.48. The minimum atomic E-state index is -0.357. The molecule has 166 valence electrons. The number of nitrogens with zero attached hydrogens (tertiary/aromatic N) is 3. The molecular formula is C23H24FN5O2S. The number of piperidine rings is 1. The maximum Gasteiger partial charge on any atom is 0.321 e. The first-order valence-corrected chi connectivity index (χ1v) is 11.2. The Hall–Kier alpha value is -3.33. The SMILES string of the molecule is Cc1ccc(NC(=O)N2CCC[C@@H](c3nnc(C(=O)Nc4ccccc4C)s3)C2)cc1F. The van der Waals surface area contributed by atoms with Gasteiger partial charge in [-0.05, 0) is 56.0 Å². The van der Waals surface area contributed by atoms with Crippen molar-refractivity contribution >= 4 is 34.6 Å². The number of para-hydroxylation sites is 1. The molecule has 1 aliphatic rings. The lowest BCUT2D eigenvalue weighted by molar-refractivity contribution is 0.102. The van der Waals surface area contributed by atoms with E-state index in [2.05, 4.69) is 20.8 Å². The molecule has 0 aliphatic carbocycles. The molecule has 0 unspecified atom stereocenters. The molecule has 2 heterocycles. The predicted molar refractivity (Wildman–Crippen MR) is 123 cm³/mol. The van der Waals surface area contributed by atoms with Gasteiger partial charge in [0.1, 0.15) is 10.8 Å². The number of hydrogen-bond donors (Lipinski definition) is 2. The molecule has 1 aromatic heterocycles. The van der Waals surface area contributed by atoms with E-state index in [0.717, 1.165) is 29.1 Å². The molecule has 0 radical (unpaired) electrons. The summed E-state index contributed by atoms with van der Waals surface area (Å²) in [5.74, 6) is -0.652. The van der Waals surface area contributed by atoms with E-state index in [-0.39, 0.29) is 23.7 Å². The minimum Gasteiger partial charge on any atom is -0.324 e. The fraction of sp³-hybridized carbons (Fsp3) is 0.304. The average Bonchev–Trinajstić information content (AvgIpc) is 3.28. The van der Waals surface area contributed by atoms with Gasteiger partial charge in [0.2, 0.25) is 5.01 Å². The third-order valence-corrected chi connectivity index (χ3v) is 6.59. The Balaban J connectivity index is 1.39. The standard InChI is InChI=1S/C23H24FN5O2S/c1-14-9-10-17(12-18(14)24)25-23(31)29-11-5-7-16(13-29)21-27-28-22(32-21)20(30)26-19-8-4-3-6-15(19)2/h3-4,6,8-10,12,16H,5,7,11,13H2,1-2H3,(H,25,31)(H,26,30)/t16-/m1/s1. The monoisotopic (exact) mass is 453 g/mol. The van der Waals surface area contributed by atoms with Gasteiger partial charge in [0.25, 0.3) is 5.91 Å². The molecule has 1 atom stereocenters. The quantitative estimate of drug-likeness (QED) is 0.585. The summed E-state index contributed by atoms with van der Waals surface area (Å²) in [6, 6.07) is 11.9. The smallest absolute Gasteiger partial charge is 0.321 e. The van der Waals surface area contributed by atoms with Crippen LogP contribution in [0.3, 0.4) is 0 Å². The van der Waals surface area contributed by atoms with Crippen LogP contribution < -0.4 is 10.6 Å². The molecule has 4 rings (SSSR count). The van der Waals surface area contributed by atoms with Gasteiger partial charge in [0, 0.05) is 30.4 Å².